The number of sulfonamides is 1. The average molecular weight is 401 g/mol. The second-order valence-electron chi connectivity index (χ2n) is 6.20. The van der Waals surface area contributed by atoms with Crippen molar-refractivity contribution in [1.29, 1.82) is 0 Å². The van der Waals surface area contributed by atoms with Crippen LogP contribution in [0.4, 0.5) is 5.69 Å². The van der Waals surface area contributed by atoms with E-state index in [1.54, 1.807) is 55.5 Å². The molecule has 0 radical (unpaired) electrons. The molecule has 0 saturated heterocycles. The number of fused-ring (bicyclic) bond motifs is 1. The fourth-order valence-electron chi connectivity index (χ4n) is 2.58. The maximum atomic E-state index is 12.0. The zero-order chi connectivity index (χ0) is 20.1. The summed E-state index contributed by atoms with van der Waals surface area (Å²) in [6, 6.07) is 14.7. The minimum Gasteiger partial charge on any atom is -0.477 e. The average Bonchev–Trinajstić information content (AvgIpc) is 2.93. The van der Waals surface area contributed by atoms with Gasteiger partial charge in [0.25, 0.3) is 10.0 Å². The van der Waals surface area contributed by atoms with E-state index >= 15 is 0 Å². The van der Waals surface area contributed by atoms with Crippen molar-refractivity contribution < 1.29 is 22.7 Å². The minimum absolute atomic E-state index is 0.0379. The van der Waals surface area contributed by atoms with Gasteiger partial charge in [-0.15, -0.1) is 4.40 Å². The first-order valence-electron chi connectivity index (χ1n) is 8.61. The Balaban J connectivity index is 1.48. The van der Waals surface area contributed by atoms with E-state index in [-0.39, 0.29) is 23.4 Å². The number of para-hydroxylation sites is 1. The highest BCUT2D eigenvalue weighted by Gasteiger charge is 2.29. The van der Waals surface area contributed by atoms with Crippen LogP contribution >= 0.6 is 0 Å². The van der Waals surface area contributed by atoms with Crippen LogP contribution in [0.1, 0.15) is 18.9 Å². The lowest BCUT2D eigenvalue weighted by molar-refractivity contribution is -0.136. The molecule has 1 atom stereocenters. The Kier molecular flexibility index (Phi) is 5.74. The molecule has 0 aliphatic carbocycles. The predicted molar refractivity (Wildman–Crippen MR) is 103 cm³/mol. The van der Waals surface area contributed by atoms with Crippen LogP contribution in [-0.2, 0) is 24.3 Å². The predicted octanol–water partition coefficient (Wildman–Crippen LogP) is 1.69. The molecular formula is C19H19N3O5S. The Labute approximate surface area is 162 Å². The number of hydrogen-bond donors (Lipinski definition) is 2. The smallest absolute Gasteiger partial charge is 0.313 e. The van der Waals surface area contributed by atoms with Crippen molar-refractivity contribution in [3.63, 3.8) is 0 Å². The van der Waals surface area contributed by atoms with E-state index in [9.17, 15) is 18.0 Å². The summed E-state index contributed by atoms with van der Waals surface area (Å²) in [6.45, 7) is 1.85. The number of nitrogens with zero attached hydrogens (tertiary/aromatic N) is 1. The molecule has 0 unspecified atom stereocenters. The lowest BCUT2D eigenvalue weighted by Gasteiger charge is -2.14. The van der Waals surface area contributed by atoms with Gasteiger partial charge in [0.2, 0.25) is 5.90 Å². The van der Waals surface area contributed by atoms with Crippen LogP contribution in [0, 0.1) is 0 Å². The van der Waals surface area contributed by atoms with Gasteiger partial charge in [-0.1, -0.05) is 30.3 Å². The first-order valence-corrected chi connectivity index (χ1v) is 10.0. The second kappa shape index (κ2) is 8.22. The van der Waals surface area contributed by atoms with Gasteiger partial charge < -0.3 is 15.4 Å². The maximum Gasteiger partial charge on any atom is 0.313 e. The Morgan fingerprint density at radius 3 is 2.46 bits per heavy atom. The molecule has 2 amide bonds. The van der Waals surface area contributed by atoms with E-state index in [0.717, 1.165) is 0 Å². The van der Waals surface area contributed by atoms with Crippen molar-refractivity contribution in [2.75, 3.05) is 11.9 Å². The van der Waals surface area contributed by atoms with Crippen LogP contribution in [0.2, 0.25) is 0 Å². The number of ether oxygens (including phenoxy) is 1. The molecule has 28 heavy (non-hydrogen) atoms. The van der Waals surface area contributed by atoms with Gasteiger partial charge in [0.1, 0.15) is 4.90 Å². The largest absolute Gasteiger partial charge is 0.477 e. The summed E-state index contributed by atoms with van der Waals surface area (Å²) in [5.74, 6) is -1.49. The molecule has 3 rings (SSSR count). The van der Waals surface area contributed by atoms with E-state index in [0.29, 0.717) is 17.7 Å². The van der Waals surface area contributed by atoms with Gasteiger partial charge in [-0.3, -0.25) is 9.59 Å². The van der Waals surface area contributed by atoms with Crippen LogP contribution in [0.3, 0.4) is 0 Å². The highest BCUT2D eigenvalue weighted by Crippen LogP contribution is 2.26. The highest BCUT2D eigenvalue weighted by molar-refractivity contribution is 7.90. The van der Waals surface area contributed by atoms with Crippen molar-refractivity contribution in [2.45, 2.75) is 24.3 Å². The van der Waals surface area contributed by atoms with Crippen LogP contribution in [0.15, 0.2) is 63.9 Å². The van der Waals surface area contributed by atoms with Gasteiger partial charge in [0.05, 0.1) is 12.2 Å². The van der Waals surface area contributed by atoms with Crippen molar-refractivity contribution in [2.24, 2.45) is 4.40 Å². The van der Waals surface area contributed by atoms with Crippen LogP contribution in [0.25, 0.3) is 0 Å². The molecule has 146 valence electrons. The van der Waals surface area contributed by atoms with Gasteiger partial charge in [-0.2, -0.15) is 8.42 Å². The number of amides is 2. The molecule has 9 heteroatoms. The van der Waals surface area contributed by atoms with E-state index in [1.807, 2.05) is 0 Å². The number of carbonyl (C=O) groups is 2. The monoisotopic (exact) mass is 401 g/mol. The topological polar surface area (TPSA) is 114 Å². The normalized spacial score (nSPS) is 15.1. The number of hydrogen-bond acceptors (Lipinski definition) is 5. The summed E-state index contributed by atoms with van der Waals surface area (Å²) < 4.78 is 33.1. The van der Waals surface area contributed by atoms with Crippen molar-refractivity contribution in [1.82, 2.24) is 5.32 Å². The molecule has 1 heterocycles. The van der Waals surface area contributed by atoms with Crippen molar-refractivity contribution in [3.05, 3.63) is 60.2 Å². The third-order valence-corrected chi connectivity index (χ3v) is 5.32. The van der Waals surface area contributed by atoms with Gasteiger partial charge >= 0.3 is 11.8 Å². The molecular weight excluding hydrogens is 382 g/mol. The fraction of sp³-hybridized carbons (Fsp3) is 0.211. The number of rotatable bonds is 5. The van der Waals surface area contributed by atoms with Gasteiger partial charge in [0, 0.05) is 18.2 Å². The fourth-order valence-corrected chi connectivity index (χ4v) is 3.73. The molecule has 0 fully saturated rings. The number of carbonyl (C=O) groups excluding carboxylic acids is 2. The third-order valence-electron chi connectivity index (χ3n) is 4.00. The summed E-state index contributed by atoms with van der Waals surface area (Å²) in [7, 11) is -3.73. The van der Waals surface area contributed by atoms with E-state index in [1.165, 1.54) is 6.07 Å². The lowest BCUT2D eigenvalue weighted by atomic mass is 10.2. The molecule has 0 aromatic heterocycles. The second-order valence-corrected chi connectivity index (χ2v) is 7.77. The Morgan fingerprint density at radius 2 is 1.71 bits per heavy atom. The molecule has 0 saturated carbocycles. The molecule has 1 aliphatic rings. The molecule has 2 N–H and O–H groups in total. The lowest BCUT2D eigenvalue weighted by Crippen LogP contribution is -2.41. The molecule has 1 aliphatic heterocycles. The van der Waals surface area contributed by atoms with Crippen molar-refractivity contribution in [3.8, 4) is 0 Å². The molecule has 0 bridgehead atoms. The summed E-state index contributed by atoms with van der Waals surface area (Å²) in [4.78, 5) is 24.0. The van der Waals surface area contributed by atoms with Gasteiger partial charge in [-0.25, -0.2) is 0 Å². The van der Waals surface area contributed by atoms with Gasteiger partial charge in [-0.05, 0) is 31.2 Å². The zero-order valence-corrected chi connectivity index (χ0v) is 15.9. The SMILES string of the molecule is C[C@H](CCOC1=NS(=O)(=O)c2ccccc21)NC(=O)C(=O)Nc1ccccc1. The summed E-state index contributed by atoms with van der Waals surface area (Å²) in [6.07, 6.45) is 0.367. The molecule has 0 spiro atoms. The standard InChI is InChI=1S/C19H19N3O5S/c1-13(20-17(23)18(24)21-14-7-3-2-4-8-14)11-12-27-19-15-9-5-6-10-16(15)28(25,26)22-19/h2-10,13H,11-12H2,1H3,(H,20,23)(H,21,24)/t13-/m1/s1. The number of benzene rings is 2. The Morgan fingerprint density at radius 1 is 1.04 bits per heavy atom. The minimum atomic E-state index is -3.73. The Bertz CT molecular complexity index is 1020. The number of anilines is 1. The quantitative estimate of drug-likeness (QED) is 0.740. The van der Waals surface area contributed by atoms with Crippen LogP contribution in [-0.4, -0.2) is 38.8 Å². The van der Waals surface area contributed by atoms with E-state index < -0.39 is 21.8 Å². The zero-order valence-electron chi connectivity index (χ0n) is 15.1. The van der Waals surface area contributed by atoms with Crippen LogP contribution < -0.4 is 10.6 Å². The molecule has 2 aromatic carbocycles. The Hall–Kier alpha value is -3.20. The van der Waals surface area contributed by atoms with E-state index in [4.69, 9.17) is 4.74 Å². The summed E-state index contributed by atoms with van der Waals surface area (Å²) in [5, 5.41) is 5.07. The van der Waals surface area contributed by atoms with Crippen molar-refractivity contribution >= 4 is 33.4 Å². The first-order chi connectivity index (χ1) is 13.4. The van der Waals surface area contributed by atoms with Gasteiger partial charge in [0.15, 0.2) is 0 Å². The highest BCUT2D eigenvalue weighted by atomic mass is 32.2. The maximum absolute atomic E-state index is 12.0. The van der Waals surface area contributed by atoms with Crippen LogP contribution in [0.5, 0.6) is 0 Å². The summed E-state index contributed by atoms with van der Waals surface area (Å²) in [5.41, 5.74) is 0.944. The summed E-state index contributed by atoms with van der Waals surface area (Å²) >= 11 is 0. The molecule has 8 nitrogen and oxygen atoms in total. The molecule has 2 aromatic rings. The first kappa shape index (κ1) is 19.6. The number of nitrogens with one attached hydrogen (secondary N) is 2. The van der Waals surface area contributed by atoms with E-state index in [2.05, 4.69) is 15.0 Å². The third kappa shape index (κ3) is 4.55.